The fourth-order valence-corrected chi connectivity index (χ4v) is 2.05. The van der Waals surface area contributed by atoms with Gasteiger partial charge in [0.2, 0.25) is 12.2 Å². The zero-order chi connectivity index (χ0) is 17.0. The molecule has 0 bridgehead atoms. The van der Waals surface area contributed by atoms with Crippen LogP contribution in [-0.2, 0) is 4.79 Å². The van der Waals surface area contributed by atoms with E-state index < -0.39 is 30.8 Å². The van der Waals surface area contributed by atoms with Crippen molar-refractivity contribution >= 4 is 11.9 Å². The monoisotopic (exact) mass is 331 g/mol. The highest BCUT2D eigenvalue weighted by Crippen LogP contribution is 2.40. The number of nitrogens with one attached hydrogen (secondary N) is 1. The minimum Gasteiger partial charge on any atom is -0.493 e. The van der Waals surface area contributed by atoms with Crippen molar-refractivity contribution in [1.29, 1.82) is 0 Å². The Morgan fingerprint density at radius 2 is 2.04 bits per heavy atom. The smallest absolute Gasteiger partial charge is 0.326 e. The lowest BCUT2D eigenvalue weighted by Crippen LogP contribution is -2.42. The number of carbonyl (C=O) groups excluding carboxylic acids is 1. The van der Waals surface area contributed by atoms with Gasteiger partial charge in [-0.1, -0.05) is 0 Å². The molecule has 0 fully saturated rings. The van der Waals surface area contributed by atoms with Gasteiger partial charge in [0.15, 0.2) is 11.5 Å². The maximum Gasteiger partial charge on any atom is 0.326 e. The number of benzene rings is 1. The lowest BCUT2D eigenvalue weighted by Gasteiger charge is -2.21. The second-order valence-electron chi connectivity index (χ2n) is 4.69. The predicted molar refractivity (Wildman–Crippen MR) is 73.5 cm³/mol. The van der Waals surface area contributed by atoms with Crippen LogP contribution in [0.15, 0.2) is 12.1 Å². The second kappa shape index (κ2) is 7.12. The number of halogens is 2. The highest BCUT2D eigenvalue weighted by molar-refractivity contribution is 5.97. The molecule has 1 aliphatic heterocycles. The van der Waals surface area contributed by atoms with E-state index in [4.69, 9.17) is 19.3 Å². The average molecular weight is 331 g/mol. The Balaban J connectivity index is 2.23. The Labute approximate surface area is 130 Å². The molecule has 0 spiro atoms. The molecule has 23 heavy (non-hydrogen) atoms. The van der Waals surface area contributed by atoms with E-state index in [0.717, 1.165) is 0 Å². The Hall–Kier alpha value is -2.58. The summed E-state index contributed by atoms with van der Waals surface area (Å²) in [6.07, 6.45) is -3.84. The number of amides is 1. The highest BCUT2D eigenvalue weighted by Gasteiger charge is 2.26. The van der Waals surface area contributed by atoms with E-state index in [1.54, 1.807) is 0 Å². The van der Waals surface area contributed by atoms with Crippen LogP contribution in [0.1, 0.15) is 16.8 Å². The summed E-state index contributed by atoms with van der Waals surface area (Å²) >= 11 is 0. The summed E-state index contributed by atoms with van der Waals surface area (Å²) in [7, 11) is 1.37. The van der Waals surface area contributed by atoms with E-state index in [2.05, 4.69) is 5.32 Å². The quantitative estimate of drug-likeness (QED) is 0.816. The van der Waals surface area contributed by atoms with E-state index >= 15 is 0 Å². The van der Waals surface area contributed by atoms with E-state index in [1.807, 2.05) is 0 Å². The molecular formula is C14H15F2NO6. The number of ether oxygens (including phenoxy) is 3. The maximum absolute atomic E-state index is 12.4. The first-order chi connectivity index (χ1) is 10.9. The summed E-state index contributed by atoms with van der Waals surface area (Å²) in [5, 5.41) is 10.9. The molecule has 0 saturated heterocycles. The SMILES string of the molecule is COc1cc(C(=O)NC(CC(F)F)C(=O)O)cc2c1OCCO2. The van der Waals surface area contributed by atoms with Crippen LogP contribution in [0.2, 0.25) is 0 Å². The van der Waals surface area contributed by atoms with Crippen LogP contribution < -0.4 is 19.5 Å². The van der Waals surface area contributed by atoms with Crippen molar-refractivity contribution in [3.63, 3.8) is 0 Å². The van der Waals surface area contributed by atoms with Crippen LogP contribution >= 0.6 is 0 Å². The number of aliphatic carboxylic acids is 1. The molecule has 0 aliphatic carbocycles. The number of carboxylic acids is 1. The summed E-state index contributed by atoms with van der Waals surface area (Å²) in [6.45, 7) is 0.606. The molecule has 0 aromatic heterocycles. The number of carboxylic acid groups (broad SMARTS) is 1. The Morgan fingerprint density at radius 3 is 2.65 bits per heavy atom. The molecule has 2 rings (SSSR count). The first kappa shape index (κ1) is 16.8. The number of fused-ring (bicyclic) bond motifs is 1. The lowest BCUT2D eigenvalue weighted by atomic mass is 10.1. The molecule has 9 heteroatoms. The molecule has 0 saturated carbocycles. The standard InChI is InChI=1S/C14H15F2NO6/c1-21-9-4-7(5-10-12(9)23-3-2-22-10)13(18)17-8(14(19)20)6-11(15)16/h4-5,8,11H,2-3,6H2,1H3,(H,17,18)(H,19,20). The van der Waals surface area contributed by atoms with E-state index in [1.165, 1.54) is 19.2 Å². The van der Waals surface area contributed by atoms with Crippen LogP contribution in [0.5, 0.6) is 17.2 Å². The van der Waals surface area contributed by atoms with Crippen molar-refractivity contribution in [1.82, 2.24) is 5.32 Å². The lowest BCUT2D eigenvalue weighted by molar-refractivity contribution is -0.140. The van der Waals surface area contributed by atoms with Gasteiger partial charge in [-0.05, 0) is 12.1 Å². The van der Waals surface area contributed by atoms with Crippen LogP contribution in [-0.4, -0.2) is 49.8 Å². The third-order valence-electron chi connectivity index (χ3n) is 3.11. The minimum atomic E-state index is -2.86. The Bertz CT molecular complexity index is 590. The van der Waals surface area contributed by atoms with Crippen LogP contribution in [0.3, 0.4) is 0 Å². The molecule has 126 valence electrons. The maximum atomic E-state index is 12.4. The van der Waals surface area contributed by atoms with Crippen LogP contribution in [0, 0.1) is 0 Å². The number of methoxy groups -OCH3 is 1. The molecule has 0 radical (unpaired) electrons. The third kappa shape index (κ3) is 3.99. The van der Waals surface area contributed by atoms with E-state index in [0.29, 0.717) is 12.4 Å². The molecule has 7 nitrogen and oxygen atoms in total. The van der Waals surface area contributed by atoms with E-state index in [9.17, 15) is 18.4 Å². The van der Waals surface area contributed by atoms with Gasteiger partial charge in [-0.25, -0.2) is 13.6 Å². The van der Waals surface area contributed by atoms with E-state index in [-0.39, 0.29) is 23.7 Å². The summed E-state index contributed by atoms with van der Waals surface area (Å²) < 4.78 is 40.6. The van der Waals surface area contributed by atoms with Crippen molar-refractivity contribution in [2.24, 2.45) is 0 Å². The minimum absolute atomic E-state index is 0.0200. The second-order valence-corrected chi connectivity index (χ2v) is 4.69. The van der Waals surface area contributed by atoms with Gasteiger partial charge in [0.25, 0.3) is 5.91 Å². The van der Waals surface area contributed by atoms with Crippen molar-refractivity contribution in [2.75, 3.05) is 20.3 Å². The topological polar surface area (TPSA) is 94.1 Å². The van der Waals surface area contributed by atoms with Crippen molar-refractivity contribution < 1.29 is 37.7 Å². The van der Waals surface area contributed by atoms with Crippen molar-refractivity contribution in [3.8, 4) is 17.2 Å². The summed E-state index contributed by atoms with van der Waals surface area (Å²) in [4.78, 5) is 23.1. The highest BCUT2D eigenvalue weighted by atomic mass is 19.3. The number of alkyl halides is 2. The molecule has 1 aromatic rings. The molecule has 2 N–H and O–H groups in total. The number of hydrogen-bond acceptors (Lipinski definition) is 5. The Kier molecular flexibility index (Phi) is 5.20. The predicted octanol–water partition coefficient (Wildman–Crippen LogP) is 1.30. The zero-order valence-corrected chi connectivity index (χ0v) is 12.2. The first-order valence-corrected chi connectivity index (χ1v) is 6.71. The van der Waals surface area contributed by atoms with Gasteiger partial charge in [-0.3, -0.25) is 4.79 Å². The van der Waals surface area contributed by atoms with Gasteiger partial charge in [-0.2, -0.15) is 0 Å². The average Bonchev–Trinajstić information content (AvgIpc) is 2.52. The number of carbonyl (C=O) groups is 2. The number of hydrogen-bond donors (Lipinski definition) is 2. The first-order valence-electron chi connectivity index (χ1n) is 6.71. The van der Waals surface area contributed by atoms with Crippen LogP contribution in [0.25, 0.3) is 0 Å². The molecule has 1 aromatic carbocycles. The molecule has 1 aliphatic rings. The fourth-order valence-electron chi connectivity index (χ4n) is 2.05. The molecule has 1 amide bonds. The Morgan fingerprint density at radius 1 is 1.35 bits per heavy atom. The largest absolute Gasteiger partial charge is 0.493 e. The van der Waals surface area contributed by atoms with Gasteiger partial charge in [0.1, 0.15) is 19.3 Å². The van der Waals surface area contributed by atoms with Gasteiger partial charge in [-0.15, -0.1) is 0 Å². The normalized spacial score (nSPS) is 14.3. The van der Waals surface area contributed by atoms with Gasteiger partial charge in [0, 0.05) is 12.0 Å². The van der Waals surface area contributed by atoms with Crippen LogP contribution in [0.4, 0.5) is 8.78 Å². The van der Waals surface area contributed by atoms with Crippen molar-refractivity contribution in [2.45, 2.75) is 18.9 Å². The molecule has 1 atom stereocenters. The summed E-state index contributed by atoms with van der Waals surface area (Å²) in [6, 6.07) is 0.972. The number of rotatable bonds is 6. The third-order valence-corrected chi connectivity index (χ3v) is 3.11. The zero-order valence-electron chi connectivity index (χ0n) is 12.2. The fraction of sp³-hybridized carbons (Fsp3) is 0.429. The van der Waals surface area contributed by atoms with Crippen molar-refractivity contribution in [3.05, 3.63) is 17.7 Å². The molecule has 1 unspecified atom stereocenters. The van der Waals surface area contributed by atoms with Gasteiger partial charge >= 0.3 is 5.97 Å². The summed E-state index contributed by atoms with van der Waals surface area (Å²) in [5.41, 5.74) is 0.0200. The molecule has 1 heterocycles. The molecular weight excluding hydrogens is 316 g/mol. The van der Waals surface area contributed by atoms with Gasteiger partial charge < -0.3 is 24.6 Å². The summed E-state index contributed by atoms with van der Waals surface area (Å²) in [5.74, 6) is -1.54. The van der Waals surface area contributed by atoms with Gasteiger partial charge in [0.05, 0.1) is 7.11 Å².